The van der Waals surface area contributed by atoms with Gasteiger partial charge in [-0.05, 0) is 159 Å². The van der Waals surface area contributed by atoms with Crippen molar-refractivity contribution in [2.75, 3.05) is 50.1 Å². The van der Waals surface area contributed by atoms with Crippen LogP contribution in [-0.4, -0.2) is 140 Å². The molecule has 0 aliphatic heterocycles. The SMILES string of the molecule is CC(=O)Cl.COc1ncc(-c2ccc3nc(N)sc3c2)cc1C(=O)NC(C)c1ccccc1OC(F)(F)F.COc1ncc(-c2ccc3nc(NC(C)=O)sc3c2)cc1C(=O)NC(C)c1ccccc1OC(F)(F)F.COc1ncc(-c2ccc3nc(NC(C)=O)sc3c2)cc1C(=O)N[C@@H](C)c1ccccc1OC(F)(F)F.COc1ncc(-c2ccc3nc(NC(C)=O)sc3c2)cc1C(=O)N[C@H](C)c1ccccc1OC(F)(F)F. The first kappa shape index (κ1) is 111. The Kier molecular flexibility index (Phi) is 36.4. The molecule has 0 aliphatic carbocycles. The number of thiazole rings is 4. The summed E-state index contributed by atoms with van der Waals surface area (Å²) < 4.78 is 194. The molecule has 49 heteroatoms. The minimum atomic E-state index is -4.87. The van der Waals surface area contributed by atoms with Crippen LogP contribution in [0.3, 0.4) is 0 Å². The number of pyridine rings is 4. The Labute approximate surface area is 859 Å². The molecule has 9 N–H and O–H groups in total. The zero-order chi connectivity index (χ0) is 108. The number of fused-ring (bicyclic) bond motifs is 4. The molecule has 149 heavy (non-hydrogen) atoms. The summed E-state index contributed by atoms with van der Waals surface area (Å²) in [5.41, 5.74) is 15.2. The van der Waals surface area contributed by atoms with Crippen LogP contribution in [0.15, 0.2) is 219 Å². The quantitative estimate of drug-likeness (QED) is 0.0175. The van der Waals surface area contributed by atoms with Gasteiger partial charge in [-0.3, -0.25) is 38.4 Å². The molecule has 8 aromatic heterocycles. The highest BCUT2D eigenvalue weighted by molar-refractivity contribution is 7.23. The number of amides is 7. The van der Waals surface area contributed by atoms with Crippen molar-refractivity contribution >= 4 is 165 Å². The Balaban J connectivity index is 0.000000174. The lowest BCUT2D eigenvalue weighted by Gasteiger charge is -2.19. The Morgan fingerprint density at radius 1 is 0.309 bits per heavy atom. The number of methoxy groups -OCH3 is 4. The molecule has 0 bridgehead atoms. The molecule has 4 atom stereocenters. The molecule has 0 saturated heterocycles. The number of benzene rings is 8. The molecule has 32 nitrogen and oxygen atoms in total. The Morgan fingerprint density at radius 3 is 0.725 bits per heavy atom. The standard InChI is InChI=1S/3C25H21F3N4O4S.C23H19F3N4O3S.C2H3ClO/c3*1-13(17-6-4-5-7-20(17)36-25(26,27)28)30-22(34)18-10-16(12-29-23(18)35-3)15-8-9-19-21(11-15)37-24(32-19)31-14(2)33;1-12(15-5-3-4-6-18(15)33-23(24,25)26)29-20(31)16-9-14(11-28-21(16)32-2)13-7-8-17-19(10-13)34-22(27)30-17;1-2(3)4/h3*4-13H,1-3H3,(H,30,34)(H,31,32,33);3-12H,1-2H3,(H2,27,30)(H,29,31);1H3/t2*13-;;;/m10.../s1. The molecule has 0 saturated carbocycles. The number of hydrogen-bond donors (Lipinski definition) is 8. The van der Waals surface area contributed by atoms with E-state index in [2.05, 4.69) is 108 Å². The Hall–Kier alpha value is -16.5. The first-order valence-electron chi connectivity index (χ1n) is 43.7. The van der Waals surface area contributed by atoms with E-state index in [1.165, 1.54) is 174 Å². The summed E-state index contributed by atoms with van der Waals surface area (Å²) in [4.78, 5) is 130. The van der Waals surface area contributed by atoms with Gasteiger partial charge in [0.2, 0.25) is 46.5 Å². The van der Waals surface area contributed by atoms with E-state index in [9.17, 15) is 91.0 Å². The predicted octanol–water partition coefficient (Wildman–Crippen LogP) is 23.3. The third-order valence-corrected chi connectivity index (χ3v) is 24.4. The van der Waals surface area contributed by atoms with E-state index in [0.29, 0.717) is 59.3 Å². The van der Waals surface area contributed by atoms with Gasteiger partial charge in [0.25, 0.3) is 23.6 Å². The number of aromatic nitrogens is 8. The van der Waals surface area contributed by atoms with Crippen LogP contribution in [0, 0.1) is 0 Å². The van der Waals surface area contributed by atoms with Crippen LogP contribution in [0.2, 0.25) is 0 Å². The van der Waals surface area contributed by atoms with Gasteiger partial charge in [0, 0.05) is 97.0 Å². The average Bonchev–Trinajstić information content (AvgIpc) is 1.78. The molecule has 0 spiro atoms. The molecular weight excluding hydrogens is 2070 g/mol. The number of carbonyl (C=O) groups excluding carboxylic acids is 8. The lowest BCUT2D eigenvalue weighted by atomic mass is 10.0. The maximum atomic E-state index is 13.2. The summed E-state index contributed by atoms with van der Waals surface area (Å²) in [7, 11) is 5.46. The Morgan fingerprint density at radius 2 is 0.517 bits per heavy atom. The number of nitrogens with zero attached hydrogens (tertiary/aromatic N) is 8. The summed E-state index contributed by atoms with van der Waals surface area (Å²) in [5, 5.41) is 20.2. The Bertz CT molecular complexity index is 7120. The average molecular weight is 2160 g/mol. The first-order valence-corrected chi connectivity index (χ1v) is 47.3. The second-order valence-electron chi connectivity index (χ2n) is 31.6. The number of rotatable bonds is 27. The van der Waals surface area contributed by atoms with Crippen molar-refractivity contribution in [2.45, 2.75) is 105 Å². The molecule has 776 valence electrons. The summed E-state index contributed by atoms with van der Waals surface area (Å²) in [5.74, 6) is -4.37. The summed E-state index contributed by atoms with van der Waals surface area (Å²) in [6.45, 7) is 11.7. The molecular formula is C100H85ClF12N16O16S4. The van der Waals surface area contributed by atoms with E-state index in [1.54, 1.807) is 137 Å². The zero-order valence-corrected chi connectivity index (χ0v) is 83.8. The van der Waals surface area contributed by atoms with E-state index in [-0.39, 0.29) is 91.0 Å². The van der Waals surface area contributed by atoms with E-state index in [1.807, 2.05) is 36.4 Å². The number of para-hydroxylation sites is 4. The molecule has 16 rings (SSSR count). The van der Waals surface area contributed by atoms with Gasteiger partial charge < -0.3 is 80.8 Å². The second-order valence-corrected chi connectivity index (χ2v) is 36.3. The normalized spacial score (nSPS) is 12.1. The van der Waals surface area contributed by atoms with Crippen molar-refractivity contribution in [2.24, 2.45) is 0 Å². The number of nitrogens with one attached hydrogen (secondary N) is 7. The molecule has 0 fully saturated rings. The van der Waals surface area contributed by atoms with Crippen LogP contribution in [0.1, 0.15) is 143 Å². The number of ether oxygens (including phenoxy) is 8. The van der Waals surface area contributed by atoms with Crippen molar-refractivity contribution in [1.29, 1.82) is 0 Å². The number of halogens is 13. The maximum Gasteiger partial charge on any atom is 0.573 e. The molecule has 8 heterocycles. The number of alkyl halides is 12. The molecule has 8 aromatic carbocycles. The topological polar surface area (TPSA) is 424 Å². The lowest BCUT2D eigenvalue weighted by Crippen LogP contribution is -2.28. The first-order chi connectivity index (χ1) is 70.5. The van der Waals surface area contributed by atoms with Crippen molar-refractivity contribution in [3.8, 4) is 91.0 Å². The van der Waals surface area contributed by atoms with Crippen LogP contribution < -0.4 is 80.8 Å². The number of nitrogen functional groups attached to an aromatic ring is 1. The van der Waals surface area contributed by atoms with Crippen molar-refractivity contribution < 1.29 is 129 Å². The highest BCUT2D eigenvalue weighted by Gasteiger charge is 2.38. The van der Waals surface area contributed by atoms with Gasteiger partial charge in [-0.25, -0.2) is 39.9 Å². The van der Waals surface area contributed by atoms with Gasteiger partial charge in [0.15, 0.2) is 20.5 Å². The predicted molar refractivity (Wildman–Crippen MR) is 537 cm³/mol. The van der Waals surface area contributed by atoms with E-state index >= 15 is 0 Å². The number of nitrogens with two attached hydrogens (primary N) is 1. The van der Waals surface area contributed by atoms with Gasteiger partial charge in [-0.1, -0.05) is 142 Å². The fraction of sp³-hybridized carbons (Fsp3) is 0.200. The van der Waals surface area contributed by atoms with Gasteiger partial charge in [-0.2, -0.15) is 0 Å². The number of anilines is 4. The van der Waals surface area contributed by atoms with Crippen LogP contribution in [0.5, 0.6) is 46.5 Å². The van der Waals surface area contributed by atoms with Gasteiger partial charge in [-0.15, -0.1) is 52.7 Å². The molecule has 0 radical (unpaired) electrons. The van der Waals surface area contributed by atoms with Crippen LogP contribution in [0.25, 0.3) is 85.4 Å². The monoisotopic (exact) mass is 2160 g/mol. The van der Waals surface area contributed by atoms with Gasteiger partial charge in [0.1, 0.15) is 45.3 Å². The fourth-order valence-corrected chi connectivity index (χ4v) is 18.0. The minimum Gasteiger partial charge on any atom is -0.480 e. The molecule has 16 aromatic rings. The van der Waals surface area contributed by atoms with Crippen LogP contribution in [0.4, 0.5) is 73.2 Å². The van der Waals surface area contributed by atoms with Gasteiger partial charge >= 0.3 is 25.4 Å². The largest absolute Gasteiger partial charge is 0.573 e. The van der Waals surface area contributed by atoms with Crippen molar-refractivity contribution in [3.05, 3.63) is 263 Å². The zero-order valence-electron chi connectivity index (χ0n) is 79.8. The number of hydrogen-bond acceptors (Lipinski definition) is 29. The lowest BCUT2D eigenvalue weighted by molar-refractivity contribution is -0.276. The smallest absolute Gasteiger partial charge is 0.480 e. The molecule has 0 aliphatic rings. The van der Waals surface area contributed by atoms with E-state index < -0.39 is 96.2 Å². The van der Waals surface area contributed by atoms with E-state index in [4.69, 9.17) is 24.7 Å². The summed E-state index contributed by atoms with van der Waals surface area (Å²) in [6.07, 6.45) is -13.3. The molecule has 2 unspecified atom stereocenters. The second kappa shape index (κ2) is 48.7. The third-order valence-electron chi connectivity index (χ3n) is 20.7. The van der Waals surface area contributed by atoms with Crippen LogP contribution >= 0.6 is 56.9 Å². The summed E-state index contributed by atoms with van der Waals surface area (Å²) in [6, 6.07) is 47.4. The highest BCUT2D eigenvalue weighted by atomic mass is 35.5. The number of carbonyl (C=O) groups is 8. The fourth-order valence-electron chi connectivity index (χ4n) is 14.4. The van der Waals surface area contributed by atoms with Crippen molar-refractivity contribution in [3.63, 3.8) is 0 Å². The minimum absolute atomic E-state index is 0.0556. The summed E-state index contributed by atoms with van der Waals surface area (Å²) >= 11 is 9.89. The van der Waals surface area contributed by atoms with E-state index in [0.717, 1.165) is 46.6 Å². The van der Waals surface area contributed by atoms with Gasteiger partial charge in [0.05, 0.1) is 93.5 Å². The highest BCUT2D eigenvalue weighted by Crippen LogP contribution is 2.42. The van der Waals surface area contributed by atoms with Crippen molar-refractivity contribution in [1.82, 2.24) is 61.1 Å². The molecule has 7 amide bonds. The van der Waals surface area contributed by atoms with Crippen LogP contribution in [-0.2, 0) is 19.2 Å². The maximum absolute atomic E-state index is 13.2. The third kappa shape index (κ3) is 30.8.